The molecule has 9 aromatic rings. The molecule has 2 unspecified atom stereocenters. The summed E-state index contributed by atoms with van der Waals surface area (Å²) in [6.45, 7) is 0. The molecule has 1 nitrogen and oxygen atoms in total. The van der Waals surface area contributed by atoms with Gasteiger partial charge in [-0.15, -0.1) is 11.3 Å². The SMILES string of the molecule is C1=CC2C=CC=C(c3c4ccccc4c(-c4ccc5sc6cc7ccc8oc9ccccc9c8c7cc6c5c4)c4ccccc34)C2C=C1. The number of thiophene rings is 1. The van der Waals surface area contributed by atoms with Crippen LogP contribution in [0.3, 0.4) is 0 Å². The van der Waals surface area contributed by atoms with E-state index >= 15 is 0 Å². The Balaban J connectivity index is 1.19. The molecule has 2 heterocycles. The lowest BCUT2D eigenvalue weighted by Crippen LogP contribution is -2.15. The van der Waals surface area contributed by atoms with Gasteiger partial charge in [-0.25, -0.2) is 0 Å². The molecular weight excluding hydrogens is 601 g/mol. The second-order valence-electron chi connectivity index (χ2n) is 13.1. The Morgan fingerprint density at radius 1 is 0.479 bits per heavy atom. The van der Waals surface area contributed by atoms with Gasteiger partial charge < -0.3 is 4.42 Å². The molecule has 0 saturated heterocycles. The molecule has 0 bridgehead atoms. The van der Waals surface area contributed by atoms with E-state index in [1.54, 1.807) is 0 Å². The smallest absolute Gasteiger partial charge is 0.136 e. The topological polar surface area (TPSA) is 13.1 Å². The molecule has 0 N–H and O–H groups in total. The maximum absolute atomic E-state index is 6.27. The van der Waals surface area contributed by atoms with Crippen molar-refractivity contribution < 1.29 is 4.42 Å². The van der Waals surface area contributed by atoms with Crippen molar-refractivity contribution in [3.8, 4) is 11.1 Å². The van der Waals surface area contributed by atoms with Crippen molar-refractivity contribution in [2.24, 2.45) is 11.8 Å². The van der Waals surface area contributed by atoms with Gasteiger partial charge in [-0.3, -0.25) is 0 Å². The summed E-state index contributed by atoms with van der Waals surface area (Å²) in [5, 5.41) is 12.7. The average Bonchev–Trinajstić information content (AvgIpc) is 3.70. The first-order valence-corrected chi connectivity index (χ1v) is 17.5. The number of allylic oxidation sites excluding steroid dienone is 8. The fourth-order valence-electron chi connectivity index (χ4n) is 8.49. The van der Waals surface area contributed by atoms with E-state index in [4.69, 9.17) is 4.42 Å². The lowest BCUT2D eigenvalue weighted by atomic mass is 9.74. The zero-order valence-electron chi connectivity index (χ0n) is 26.0. The van der Waals surface area contributed by atoms with Crippen molar-refractivity contribution in [2.75, 3.05) is 0 Å². The third-order valence-electron chi connectivity index (χ3n) is 10.6. The Bertz CT molecular complexity index is 2900. The predicted molar refractivity (Wildman–Crippen MR) is 207 cm³/mol. The van der Waals surface area contributed by atoms with Gasteiger partial charge in [0, 0.05) is 42.8 Å². The van der Waals surface area contributed by atoms with Gasteiger partial charge >= 0.3 is 0 Å². The number of hydrogen-bond donors (Lipinski definition) is 0. The molecule has 224 valence electrons. The number of hydrogen-bond acceptors (Lipinski definition) is 2. The third kappa shape index (κ3) is 3.67. The second kappa shape index (κ2) is 9.90. The Kier molecular flexibility index (Phi) is 5.44. The Morgan fingerprint density at radius 2 is 1.17 bits per heavy atom. The molecule has 2 aliphatic rings. The van der Waals surface area contributed by atoms with E-state index in [9.17, 15) is 0 Å². The van der Waals surface area contributed by atoms with Crippen molar-refractivity contribution in [1.29, 1.82) is 0 Å². The quantitative estimate of drug-likeness (QED) is 0.174. The molecule has 11 rings (SSSR count). The maximum Gasteiger partial charge on any atom is 0.136 e. The summed E-state index contributed by atoms with van der Waals surface area (Å²) in [6, 6.07) is 42.6. The second-order valence-corrected chi connectivity index (χ2v) is 14.2. The molecule has 48 heavy (non-hydrogen) atoms. The lowest BCUT2D eigenvalue weighted by molar-refractivity contribution is 0.669. The average molecular weight is 629 g/mol. The van der Waals surface area contributed by atoms with E-state index < -0.39 is 0 Å². The number of rotatable bonds is 2. The molecular formula is C46H28OS. The van der Waals surface area contributed by atoms with Crippen LogP contribution in [0.1, 0.15) is 5.56 Å². The lowest BCUT2D eigenvalue weighted by Gasteiger charge is -2.29. The van der Waals surface area contributed by atoms with Gasteiger partial charge in [0.05, 0.1) is 0 Å². The van der Waals surface area contributed by atoms with Crippen molar-refractivity contribution >= 4 is 91.3 Å². The first-order valence-electron chi connectivity index (χ1n) is 16.7. The van der Waals surface area contributed by atoms with E-state index in [-0.39, 0.29) is 0 Å². The molecule has 2 heteroatoms. The van der Waals surface area contributed by atoms with Crippen LogP contribution in [0.15, 0.2) is 162 Å². The summed E-state index contributed by atoms with van der Waals surface area (Å²) < 4.78 is 8.89. The van der Waals surface area contributed by atoms with Crippen LogP contribution in [-0.4, -0.2) is 0 Å². The van der Waals surface area contributed by atoms with E-state index in [0.29, 0.717) is 11.8 Å². The van der Waals surface area contributed by atoms with E-state index in [1.165, 1.54) is 85.5 Å². The van der Waals surface area contributed by atoms with Crippen LogP contribution in [-0.2, 0) is 0 Å². The minimum Gasteiger partial charge on any atom is -0.456 e. The van der Waals surface area contributed by atoms with E-state index in [0.717, 1.165) is 11.2 Å². The molecule has 7 aromatic carbocycles. The highest BCUT2D eigenvalue weighted by Crippen LogP contribution is 2.48. The van der Waals surface area contributed by atoms with Crippen molar-refractivity contribution in [3.63, 3.8) is 0 Å². The summed E-state index contributed by atoms with van der Waals surface area (Å²) in [5.41, 5.74) is 7.18. The molecule has 2 aliphatic carbocycles. The van der Waals surface area contributed by atoms with Gasteiger partial charge in [-0.05, 0) is 91.0 Å². The van der Waals surface area contributed by atoms with Gasteiger partial charge in [-0.2, -0.15) is 0 Å². The molecule has 2 aromatic heterocycles. The first kappa shape index (κ1) is 26.4. The van der Waals surface area contributed by atoms with Gasteiger partial charge in [0.1, 0.15) is 11.2 Å². The molecule has 0 saturated carbocycles. The number of fused-ring (bicyclic) bond motifs is 11. The van der Waals surface area contributed by atoms with Crippen LogP contribution in [0.25, 0.3) is 91.1 Å². The zero-order chi connectivity index (χ0) is 31.3. The Hall–Kier alpha value is -5.70. The molecule has 2 atom stereocenters. The van der Waals surface area contributed by atoms with Crippen molar-refractivity contribution in [1.82, 2.24) is 0 Å². The maximum atomic E-state index is 6.27. The van der Waals surface area contributed by atoms with Crippen LogP contribution < -0.4 is 0 Å². The number of para-hydroxylation sites is 1. The molecule has 0 amide bonds. The van der Waals surface area contributed by atoms with Crippen LogP contribution >= 0.6 is 11.3 Å². The van der Waals surface area contributed by atoms with Gasteiger partial charge in [0.2, 0.25) is 0 Å². The Labute approximate surface area is 281 Å². The molecule has 0 aliphatic heterocycles. The van der Waals surface area contributed by atoms with Crippen molar-refractivity contribution in [2.45, 2.75) is 0 Å². The highest BCUT2D eigenvalue weighted by Gasteiger charge is 2.27. The predicted octanol–water partition coefficient (Wildman–Crippen LogP) is 13.4. The Morgan fingerprint density at radius 3 is 1.98 bits per heavy atom. The van der Waals surface area contributed by atoms with Gasteiger partial charge in [0.25, 0.3) is 0 Å². The third-order valence-corrected chi connectivity index (χ3v) is 11.7. The first-order chi connectivity index (χ1) is 23.8. The van der Waals surface area contributed by atoms with Gasteiger partial charge in [0.15, 0.2) is 0 Å². The number of benzene rings is 7. The molecule has 0 spiro atoms. The largest absolute Gasteiger partial charge is 0.456 e. The highest BCUT2D eigenvalue weighted by molar-refractivity contribution is 7.25. The van der Waals surface area contributed by atoms with Crippen LogP contribution in [0.5, 0.6) is 0 Å². The number of furan rings is 1. The minimum absolute atomic E-state index is 0.333. The summed E-state index contributed by atoms with van der Waals surface area (Å²) in [4.78, 5) is 0. The monoisotopic (exact) mass is 628 g/mol. The summed E-state index contributed by atoms with van der Waals surface area (Å²) in [6.07, 6.45) is 16.0. The van der Waals surface area contributed by atoms with Crippen LogP contribution in [0.2, 0.25) is 0 Å². The standard InChI is InChI=1S/C46H28OS/c1-2-12-30-27(10-1)11-9-18-31(30)45-34-15-5-3-13-32(34)44(33-14-4-6-16-35(33)45)29-21-23-42-38(24-29)39-26-37-28(25-43(39)48-42)20-22-41-46(37)36-17-7-8-19-40(36)47-41/h1-27,30H. The van der Waals surface area contributed by atoms with E-state index in [1.807, 2.05) is 17.4 Å². The van der Waals surface area contributed by atoms with Crippen LogP contribution in [0, 0.1) is 11.8 Å². The molecule has 0 radical (unpaired) electrons. The summed E-state index contributed by atoms with van der Waals surface area (Å²) >= 11 is 1.88. The fourth-order valence-corrected chi connectivity index (χ4v) is 9.61. The zero-order valence-corrected chi connectivity index (χ0v) is 26.8. The van der Waals surface area contributed by atoms with Crippen LogP contribution in [0.4, 0.5) is 0 Å². The minimum atomic E-state index is 0.333. The highest BCUT2D eigenvalue weighted by atomic mass is 32.1. The summed E-state index contributed by atoms with van der Waals surface area (Å²) in [7, 11) is 0. The fraction of sp³-hybridized carbons (Fsp3) is 0.0435. The normalized spacial score (nSPS) is 17.5. The summed E-state index contributed by atoms with van der Waals surface area (Å²) in [5.74, 6) is 0.721. The van der Waals surface area contributed by atoms with Gasteiger partial charge in [-0.1, -0.05) is 121 Å². The van der Waals surface area contributed by atoms with Crippen molar-refractivity contribution in [3.05, 3.63) is 163 Å². The van der Waals surface area contributed by atoms with E-state index in [2.05, 4.69) is 152 Å². The molecule has 0 fully saturated rings.